The van der Waals surface area contributed by atoms with Gasteiger partial charge in [-0.25, -0.2) is 4.98 Å². The normalized spacial score (nSPS) is 13.4. The molecule has 1 aromatic rings. The second kappa shape index (κ2) is 7.24. The summed E-state index contributed by atoms with van der Waals surface area (Å²) in [5.41, 5.74) is 1.26. The van der Waals surface area contributed by atoms with Crippen molar-refractivity contribution in [3.05, 3.63) is 29.9 Å². The predicted molar refractivity (Wildman–Crippen MR) is 84.9 cm³/mol. The van der Waals surface area contributed by atoms with E-state index in [9.17, 15) is 9.59 Å². The smallest absolute Gasteiger partial charge is 0.289 e. The fourth-order valence-electron chi connectivity index (χ4n) is 2.79. The second-order valence-electron chi connectivity index (χ2n) is 5.32. The van der Waals surface area contributed by atoms with E-state index in [4.69, 9.17) is 0 Å². The van der Waals surface area contributed by atoms with Gasteiger partial charge >= 0.3 is 0 Å². The van der Waals surface area contributed by atoms with Gasteiger partial charge in [0.2, 0.25) is 0 Å². The van der Waals surface area contributed by atoms with Crippen molar-refractivity contribution < 1.29 is 9.59 Å². The molecule has 1 N–H and O–H groups in total. The van der Waals surface area contributed by atoms with Gasteiger partial charge in [0, 0.05) is 26.2 Å². The fraction of sp³-hybridized carbons (Fsp3) is 0.562. The zero-order chi connectivity index (χ0) is 16.1. The number of hydrogen-bond donors (Lipinski definition) is 1. The van der Waals surface area contributed by atoms with Crippen LogP contribution in [0.2, 0.25) is 0 Å². The molecule has 0 aromatic carbocycles. The summed E-state index contributed by atoms with van der Waals surface area (Å²) in [7, 11) is 0. The number of fused-ring (bicyclic) bond motifs is 1. The summed E-state index contributed by atoms with van der Waals surface area (Å²) in [6, 6.07) is 0. The average Bonchev–Trinajstić information content (AvgIpc) is 2.93. The molecule has 2 amide bonds. The average molecular weight is 304 g/mol. The fourth-order valence-corrected chi connectivity index (χ4v) is 2.79. The summed E-state index contributed by atoms with van der Waals surface area (Å²) in [5.74, 6) is 0.0576. The first-order valence-electron chi connectivity index (χ1n) is 7.91. The Morgan fingerprint density at radius 1 is 1.36 bits per heavy atom. The molecule has 22 heavy (non-hydrogen) atoms. The molecule has 0 spiro atoms. The number of rotatable bonds is 6. The van der Waals surface area contributed by atoms with Crippen LogP contribution in [-0.4, -0.2) is 45.9 Å². The lowest BCUT2D eigenvalue weighted by Gasteiger charge is -2.21. The van der Waals surface area contributed by atoms with E-state index < -0.39 is 0 Å². The van der Waals surface area contributed by atoms with Crippen LogP contribution in [-0.2, 0) is 13.0 Å². The Bertz CT molecular complexity index is 573. The maximum atomic E-state index is 12.6. The highest BCUT2D eigenvalue weighted by molar-refractivity contribution is 5.97. The van der Waals surface area contributed by atoms with Crippen molar-refractivity contribution >= 4 is 11.8 Å². The Hall–Kier alpha value is -2.11. The van der Waals surface area contributed by atoms with Crippen molar-refractivity contribution in [2.45, 2.75) is 39.7 Å². The van der Waals surface area contributed by atoms with Gasteiger partial charge in [-0.05, 0) is 33.1 Å². The van der Waals surface area contributed by atoms with E-state index in [1.165, 1.54) is 0 Å². The van der Waals surface area contributed by atoms with Gasteiger partial charge in [-0.3, -0.25) is 9.59 Å². The highest BCUT2D eigenvalue weighted by Gasteiger charge is 2.28. The van der Waals surface area contributed by atoms with Gasteiger partial charge in [0.1, 0.15) is 5.69 Å². The van der Waals surface area contributed by atoms with E-state index in [-0.39, 0.29) is 11.8 Å². The standard InChI is InChI=1S/C16H24N4O2/c1-4-10-17-15(21)13-12-9-7-8-11-20(12)14(18-13)16(22)19(5-2)6-3/h4H,1,5-11H2,2-3H3,(H,17,21). The van der Waals surface area contributed by atoms with Gasteiger partial charge in [-0.2, -0.15) is 0 Å². The molecule has 1 aliphatic heterocycles. The van der Waals surface area contributed by atoms with Crippen molar-refractivity contribution in [3.63, 3.8) is 0 Å². The van der Waals surface area contributed by atoms with Crippen LogP contribution in [0, 0.1) is 0 Å². The molecule has 0 bridgehead atoms. The minimum Gasteiger partial charge on any atom is -0.347 e. The molecular formula is C16H24N4O2. The van der Waals surface area contributed by atoms with Gasteiger partial charge in [0.25, 0.3) is 11.8 Å². The maximum absolute atomic E-state index is 12.6. The zero-order valence-corrected chi connectivity index (χ0v) is 13.4. The van der Waals surface area contributed by atoms with E-state index in [1.807, 2.05) is 18.4 Å². The Kier molecular flexibility index (Phi) is 5.35. The number of amides is 2. The lowest BCUT2D eigenvalue weighted by Crippen LogP contribution is -2.33. The molecule has 0 saturated heterocycles. The van der Waals surface area contributed by atoms with Crippen LogP contribution in [0.25, 0.3) is 0 Å². The van der Waals surface area contributed by atoms with Crippen molar-refractivity contribution in [2.75, 3.05) is 19.6 Å². The third kappa shape index (κ3) is 3.05. The molecule has 120 valence electrons. The lowest BCUT2D eigenvalue weighted by atomic mass is 10.1. The predicted octanol–water partition coefficient (Wildman–Crippen LogP) is 1.62. The molecule has 1 aliphatic rings. The molecule has 0 aliphatic carbocycles. The molecule has 0 saturated carbocycles. The minimum absolute atomic E-state index is 0.101. The number of carbonyl (C=O) groups excluding carboxylic acids is 2. The van der Waals surface area contributed by atoms with Gasteiger partial charge in [0.15, 0.2) is 5.82 Å². The number of imidazole rings is 1. The topological polar surface area (TPSA) is 67.2 Å². The molecule has 0 fully saturated rings. The monoisotopic (exact) mass is 304 g/mol. The SMILES string of the molecule is C=CCNC(=O)c1nc(C(=O)N(CC)CC)n2c1CCCC2. The van der Waals surface area contributed by atoms with E-state index in [0.717, 1.165) is 31.5 Å². The first-order valence-corrected chi connectivity index (χ1v) is 7.91. The van der Waals surface area contributed by atoms with Crippen LogP contribution in [0.15, 0.2) is 12.7 Å². The molecular weight excluding hydrogens is 280 g/mol. The summed E-state index contributed by atoms with van der Waals surface area (Å²) in [6.45, 7) is 9.89. The molecule has 0 unspecified atom stereocenters. The molecule has 0 atom stereocenters. The zero-order valence-electron chi connectivity index (χ0n) is 13.4. The number of nitrogens with one attached hydrogen (secondary N) is 1. The highest BCUT2D eigenvalue weighted by atomic mass is 16.2. The first kappa shape index (κ1) is 16.3. The third-order valence-corrected chi connectivity index (χ3v) is 3.98. The van der Waals surface area contributed by atoms with E-state index >= 15 is 0 Å². The van der Waals surface area contributed by atoms with Gasteiger partial charge in [0.05, 0.1) is 5.69 Å². The quantitative estimate of drug-likeness (QED) is 0.812. The van der Waals surface area contributed by atoms with Crippen molar-refractivity contribution in [1.29, 1.82) is 0 Å². The number of carbonyl (C=O) groups is 2. The van der Waals surface area contributed by atoms with Crippen LogP contribution in [0.3, 0.4) is 0 Å². The summed E-state index contributed by atoms with van der Waals surface area (Å²) in [4.78, 5) is 31.0. The summed E-state index contributed by atoms with van der Waals surface area (Å²) >= 11 is 0. The van der Waals surface area contributed by atoms with Gasteiger partial charge < -0.3 is 14.8 Å². The third-order valence-electron chi connectivity index (χ3n) is 3.98. The lowest BCUT2D eigenvalue weighted by molar-refractivity contribution is 0.0754. The Morgan fingerprint density at radius 2 is 2.09 bits per heavy atom. The number of nitrogens with zero attached hydrogens (tertiary/aromatic N) is 3. The van der Waals surface area contributed by atoms with E-state index in [1.54, 1.807) is 11.0 Å². The largest absolute Gasteiger partial charge is 0.347 e. The van der Waals surface area contributed by atoms with Crippen LogP contribution in [0.5, 0.6) is 0 Å². The Morgan fingerprint density at radius 3 is 2.73 bits per heavy atom. The first-order chi connectivity index (χ1) is 10.6. The van der Waals surface area contributed by atoms with Gasteiger partial charge in [-0.15, -0.1) is 6.58 Å². The number of hydrogen-bond acceptors (Lipinski definition) is 3. The highest BCUT2D eigenvalue weighted by Crippen LogP contribution is 2.22. The van der Waals surface area contributed by atoms with E-state index in [2.05, 4.69) is 16.9 Å². The molecule has 2 heterocycles. The molecule has 6 heteroatoms. The molecule has 6 nitrogen and oxygen atoms in total. The Labute approximate surface area is 131 Å². The van der Waals surface area contributed by atoms with Crippen LogP contribution >= 0.6 is 0 Å². The van der Waals surface area contributed by atoms with E-state index in [0.29, 0.717) is 31.2 Å². The molecule has 1 aromatic heterocycles. The molecule has 2 rings (SSSR count). The second-order valence-corrected chi connectivity index (χ2v) is 5.32. The molecule has 0 radical (unpaired) electrons. The van der Waals surface area contributed by atoms with Crippen molar-refractivity contribution in [1.82, 2.24) is 19.8 Å². The van der Waals surface area contributed by atoms with Crippen LogP contribution in [0.1, 0.15) is 53.5 Å². The van der Waals surface area contributed by atoms with Gasteiger partial charge in [-0.1, -0.05) is 6.08 Å². The summed E-state index contributed by atoms with van der Waals surface area (Å²) < 4.78 is 1.92. The Balaban J connectivity index is 2.39. The summed E-state index contributed by atoms with van der Waals surface area (Å²) in [5, 5.41) is 2.75. The number of aromatic nitrogens is 2. The minimum atomic E-state index is -0.232. The van der Waals surface area contributed by atoms with Crippen LogP contribution < -0.4 is 5.32 Å². The van der Waals surface area contributed by atoms with Crippen LogP contribution in [0.4, 0.5) is 0 Å². The van der Waals surface area contributed by atoms with Crippen molar-refractivity contribution in [2.24, 2.45) is 0 Å². The van der Waals surface area contributed by atoms with Crippen molar-refractivity contribution in [3.8, 4) is 0 Å². The maximum Gasteiger partial charge on any atom is 0.289 e. The summed E-state index contributed by atoms with van der Waals surface area (Å²) in [6.07, 6.45) is 4.44.